The molecule has 0 aliphatic carbocycles. The van der Waals surface area contributed by atoms with E-state index in [0.717, 1.165) is 5.69 Å². The summed E-state index contributed by atoms with van der Waals surface area (Å²) in [4.78, 5) is 8.03. The van der Waals surface area contributed by atoms with Crippen molar-refractivity contribution >= 4 is 23.4 Å². The summed E-state index contributed by atoms with van der Waals surface area (Å²) in [6.45, 7) is 1.84. The van der Waals surface area contributed by atoms with Crippen molar-refractivity contribution in [2.75, 3.05) is 5.75 Å². The van der Waals surface area contributed by atoms with Crippen LogP contribution in [0.2, 0.25) is 5.15 Å². The van der Waals surface area contributed by atoms with E-state index in [0.29, 0.717) is 16.1 Å². The van der Waals surface area contributed by atoms with Crippen molar-refractivity contribution in [1.82, 2.24) is 9.97 Å². The zero-order chi connectivity index (χ0) is 8.97. The van der Waals surface area contributed by atoms with Crippen LogP contribution in [0.25, 0.3) is 0 Å². The van der Waals surface area contributed by atoms with E-state index in [4.69, 9.17) is 16.9 Å². The first-order valence-electron chi connectivity index (χ1n) is 3.23. The average molecular weight is 200 g/mol. The molecule has 0 aromatic carbocycles. The fraction of sp³-hybridized carbons (Fsp3) is 0.286. The van der Waals surface area contributed by atoms with E-state index in [1.54, 1.807) is 6.07 Å². The normalized spacial score (nSPS) is 9.42. The molecule has 1 aromatic heterocycles. The van der Waals surface area contributed by atoms with E-state index in [1.165, 1.54) is 11.8 Å². The fourth-order valence-corrected chi connectivity index (χ4v) is 1.52. The molecular formula is C7H6ClN3S. The molecular weight excluding hydrogens is 194 g/mol. The molecule has 62 valence electrons. The second kappa shape index (κ2) is 4.29. The number of rotatable bonds is 2. The minimum atomic E-state index is 0.347. The Balaban J connectivity index is 2.80. The van der Waals surface area contributed by atoms with Crippen LogP contribution in [0.4, 0.5) is 0 Å². The van der Waals surface area contributed by atoms with Gasteiger partial charge in [-0.1, -0.05) is 23.4 Å². The molecule has 0 saturated carbocycles. The van der Waals surface area contributed by atoms with Gasteiger partial charge < -0.3 is 0 Å². The smallest absolute Gasteiger partial charge is 0.190 e. The molecule has 1 rings (SSSR count). The molecule has 0 unspecified atom stereocenters. The summed E-state index contributed by atoms with van der Waals surface area (Å²) in [5, 5.41) is 9.28. The van der Waals surface area contributed by atoms with Crippen LogP contribution < -0.4 is 0 Å². The molecule has 0 N–H and O–H groups in total. The number of hydrogen-bond donors (Lipinski definition) is 0. The van der Waals surface area contributed by atoms with Crippen molar-refractivity contribution in [2.24, 2.45) is 0 Å². The lowest BCUT2D eigenvalue weighted by Gasteiger charge is -1.97. The van der Waals surface area contributed by atoms with Crippen LogP contribution in [0.1, 0.15) is 5.69 Å². The van der Waals surface area contributed by atoms with Crippen molar-refractivity contribution in [3.8, 4) is 6.07 Å². The van der Waals surface area contributed by atoms with Crippen molar-refractivity contribution in [1.29, 1.82) is 5.26 Å². The zero-order valence-electron chi connectivity index (χ0n) is 6.41. The number of thioether (sulfide) groups is 1. The van der Waals surface area contributed by atoms with Gasteiger partial charge in [-0.3, -0.25) is 0 Å². The lowest BCUT2D eigenvalue weighted by Crippen LogP contribution is -1.90. The average Bonchev–Trinajstić information content (AvgIpc) is 1.99. The van der Waals surface area contributed by atoms with Crippen LogP contribution in [-0.2, 0) is 0 Å². The summed E-state index contributed by atoms with van der Waals surface area (Å²) < 4.78 is 0. The molecule has 0 aliphatic heterocycles. The summed E-state index contributed by atoms with van der Waals surface area (Å²) >= 11 is 6.96. The Morgan fingerprint density at radius 2 is 2.42 bits per heavy atom. The topological polar surface area (TPSA) is 49.6 Å². The summed E-state index contributed by atoms with van der Waals surface area (Å²) in [5.74, 6) is 0.347. The standard InChI is InChI=1S/C7H6ClN3S/c1-5-4-6(8)11-7(10-5)12-3-2-9/h4H,3H2,1H3. The van der Waals surface area contributed by atoms with E-state index < -0.39 is 0 Å². The first-order valence-corrected chi connectivity index (χ1v) is 4.59. The van der Waals surface area contributed by atoms with E-state index in [2.05, 4.69) is 9.97 Å². The van der Waals surface area contributed by atoms with Crippen molar-refractivity contribution in [3.05, 3.63) is 16.9 Å². The van der Waals surface area contributed by atoms with Gasteiger partial charge in [-0.2, -0.15) is 5.26 Å². The molecule has 0 aliphatic rings. The van der Waals surface area contributed by atoms with E-state index >= 15 is 0 Å². The molecule has 12 heavy (non-hydrogen) atoms. The quantitative estimate of drug-likeness (QED) is 0.416. The molecule has 5 heteroatoms. The second-order valence-corrected chi connectivity index (χ2v) is 3.39. The van der Waals surface area contributed by atoms with Crippen LogP contribution in [-0.4, -0.2) is 15.7 Å². The van der Waals surface area contributed by atoms with Gasteiger partial charge in [0.15, 0.2) is 5.16 Å². The van der Waals surface area contributed by atoms with Crippen LogP contribution in [0.15, 0.2) is 11.2 Å². The van der Waals surface area contributed by atoms with E-state index in [-0.39, 0.29) is 0 Å². The van der Waals surface area contributed by atoms with Crippen LogP contribution >= 0.6 is 23.4 Å². The third-order valence-corrected chi connectivity index (χ3v) is 1.98. The Hall–Kier alpha value is -0.790. The fourth-order valence-electron chi connectivity index (χ4n) is 0.666. The predicted octanol–water partition coefficient (Wildman–Crippen LogP) is 2.05. The molecule has 0 radical (unpaired) electrons. The number of aromatic nitrogens is 2. The van der Waals surface area contributed by atoms with Crippen LogP contribution in [0, 0.1) is 18.3 Å². The van der Waals surface area contributed by atoms with Gasteiger partial charge in [-0.05, 0) is 13.0 Å². The highest BCUT2D eigenvalue weighted by Gasteiger charge is 1.99. The highest BCUT2D eigenvalue weighted by Crippen LogP contribution is 2.15. The highest BCUT2D eigenvalue weighted by molar-refractivity contribution is 7.99. The maximum Gasteiger partial charge on any atom is 0.190 e. The summed E-state index contributed by atoms with van der Waals surface area (Å²) in [7, 11) is 0. The van der Waals surface area contributed by atoms with Gasteiger partial charge in [0.1, 0.15) is 5.15 Å². The van der Waals surface area contributed by atoms with Crippen LogP contribution in [0.5, 0.6) is 0 Å². The van der Waals surface area contributed by atoms with E-state index in [9.17, 15) is 0 Å². The number of nitrogens with zero attached hydrogens (tertiary/aromatic N) is 3. The molecule has 0 bridgehead atoms. The largest absolute Gasteiger partial charge is 0.228 e. The highest BCUT2D eigenvalue weighted by atomic mass is 35.5. The van der Waals surface area contributed by atoms with Gasteiger partial charge in [0.05, 0.1) is 11.8 Å². The van der Waals surface area contributed by atoms with Gasteiger partial charge in [-0.25, -0.2) is 9.97 Å². The zero-order valence-corrected chi connectivity index (χ0v) is 7.98. The van der Waals surface area contributed by atoms with Gasteiger partial charge in [0.25, 0.3) is 0 Å². The van der Waals surface area contributed by atoms with Gasteiger partial charge in [-0.15, -0.1) is 0 Å². The molecule has 3 nitrogen and oxygen atoms in total. The van der Waals surface area contributed by atoms with E-state index in [1.807, 2.05) is 13.0 Å². The molecule has 0 amide bonds. The third kappa shape index (κ3) is 2.68. The molecule has 1 aromatic rings. The lowest BCUT2D eigenvalue weighted by atomic mass is 10.5. The minimum absolute atomic E-state index is 0.347. The van der Waals surface area contributed by atoms with Crippen molar-refractivity contribution in [2.45, 2.75) is 12.1 Å². The number of aryl methyl sites for hydroxylation is 1. The molecule has 0 saturated heterocycles. The lowest BCUT2D eigenvalue weighted by molar-refractivity contribution is 0.934. The Morgan fingerprint density at radius 3 is 3.00 bits per heavy atom. The maximum absolute atomic E-state index is 8.31. The Labute approximate surface area is 79.8 Å². The Kier molecular flexibility index (Phi) is 3.32. The second-order valence-electron chi connectivity index (χ2n) is 2.06. The maximum atomic E-state index is 8.31. The molecule has 0 spiro atoms. The molecule has 0 atom stereocenters. The third-order valence-electron chi connectivity index (χ3n) is 1.07. The van der Waals surface area contributed by atoms with Crippen molar-refractivity contribution < 1.29 is 0 Å². The van der Waals surface area contributed by atoms with Gasteiger partial charge in [0.2, 0.25) is 0 Å². The Bertz CT molecular complexity index is 301. The van der Waals surface area contributed by atoms with Crippen LogP contribution in [0.3, 0.4) is 0 Å². The first-order chi connectivity index (χ1) is 5.72. The first kappa shape index (κ1) is 9.30. The molecule has 1 heterocycles. The summed E-state index contributed by atoms with van der Waals surface area (Å²) in [6, 6.07) is 3.67. The van der Waals surface area contributed by atoms with Crippen molar-refractivity contribution in [3.63, 3.8) is 0 Å². The number of nitriles is 1. The SMILES string of the molecule is Cc1cc(Cl)nc(SCC#N)n1. The number of halogens is 1. The summed E-state index contributed by atoms with van der Waals surface area (Å²) in [5.41, 5.74) is 0.815. The monoisotopic (exact) mass is 199 g/mol. The van der Waals surface area contributed by atoms with Gasteiger partial charge in [0, 0.05) is 5.69 Å². The molecule has 0 fully saturated rings. The summed E-state index contributed by atoms with van der Waals surface area (Å²) in [6.07, 6.45) is 0. The minimum Gasteiger partial charge on any atom is -0.228 e. The number of hydrogen-bond acceptors (Lipinski definition) is 4. The predicted molar refractivity (Wildman–Crippen MR) is 48.1 cm³/mol. The van der Waals surface area contributed by atoms with Gasteiger partial charge >= 0.3 is 0 Å². The Morgan fingerprint density at radius 1 is 1.67 bits per heavy atom.